The maximum absolute atomic E-state index is 11.1. The fraction of sp³-hybridized carbons (Fsp3) is 0.440. The Morgan fingerprint density at radius 1 is 0.714 bits per heavy atom. The molecule has 1 aliphatic heterocycles. The second-order valence-corrected chi connectivity index (χ2v) is 20.7. The molecule has 5 nitrogen and oxygen atoms in total. The van der Waals surface area contributed by atoms with E-state index < -0.39 is 0 Å². The van der Waals surface area contributed by atoms with Crippen LogP contribution in [0.3, 0.4) is 0 Å². The van der Waals surface area contributed by atoms with Crippen molar-refractivity contribution < 1.29 is 30.9 Å². The minimum Gasteiger partial charge on any atom is -0.506 e. The van der Waals surface area contributed by atoms with Gasteiger partial charge < -0.3 is 19.7 Å². The number of anilines is 1. The fourth-order valence-electron chi connectivity index (χ4n) is 8.22. The smallest absolute Gasteiger partial charge is 0.217 e. The van der Waals surface area contributed by atoms with Gasteiger partial charge in [0.05, 0.1) is 17.9 Å². The van der Waals surface area contributed by atoms with Crippen LogP contribution >= 0.6 is 0 Å². The monoisotopic (exact) mass is 929 g/mol. The molecule has 7 rings (SSSR count). The molecule has 2 aliphatic rings. The molecule has 1 aliphatic carbocycles. The second-order valence-electron chi connectivity index (χ2n) is 20.7. The van der Waals surface area contributed by atoms with Crippen LogP contribution in [0.5, 0.6) is 17.4 Å². The van der Waals surface area contributed by atoms with Gasteiger partial charge in [0, 0.05) is 49.4 Å². The zero-order chi connectivity index (χ0) is 40.0. The summed E-state index contributed by atoms with van der Waals surface area (Å²) >= 11 is 0. The number of fused-ring (bicyclic) bond motifs is 3. The topological polar surface area (TPSA) is 58.0 Å². The first-order chi connectivity index (χ1) is 25.4. The van der Waals surface area contributed by atoms with E-state index in [0.717, 1.165) is 40.0 Å². The van der Waals surface area contributed by atoms with Gasteiger partial charge in [-0.2, -0.15) is 0 Å². The molecular weight excluding hydrogens is 870 g/mol. The molecule has 0 spiro atoms. The van der Waals surface area contributed by atoms with Crippen LogP contribution in [-0.4, -0.2) is 28.0 Å². The first kappa shape index (κ1) is 41.7. The number of benzene rings is 4. The van der Waals surface area contributed by atoms with Gasteiger partial charge in [-0.25, -0.2) is 4.98 Å². The summed E-state index contributed by atoms with van der Waals surface area (Å²) in [5.41, 5.74) is 9.56. The first-order valence-electron chi connectivity index (χ1n) is 19.9. The van der Waals surface area contributed by atoms with Crippen molar-refractivity contribution in [2.75, 3.05) is 4.90 Å². The number of aliphatic imine (C=N–C) groups is 1. The van der Waals surface area contributed by atoms with Crippen molar-refractivity contribution in [3.05, 3.63) is 124 Å². The molecule has 4 aromatic carbocycles. The molecule has 0 saturated carbocycles. The van der Waals surface area contributed by atoms with Gasteiger partial charge in [-0.3, -0.25) is 0 Å². The van der Waals surface area contributed by atoms with Gasteiger partial charge >= 0.3 is 0 Å². The molecule has 56 heavy (non-hydrogen) atoms. The second kappa shape index (κ2) is 14.2. The van der Waals surface area contributed by atoms with Crippen LogP contribution in [-0.2, 0) is 54.6 Å². The van der Waals surface area contributed by atoms with Gasteiger partial charge in [-0.15, -0.1) is 17.2 Å². The van der Waals surface area contributed by atoms with Crippen LogP contribution in [0.15, 0.2) is 83.9 Å². The Labute approximate surface area is 350 Å². The molecule has 2 atom stereocenters. The Balaban J connectivity index is 0.00000532. The number of ether oxygens (including phenoxy) is 1. The van der Waals surface area contributed by atoms with Gasteiger partial charge in [0.1, 0.15) is 11.3 Å². The van der Waals surface area contributed by atoms with Crippen molar-refractivity contribution in [1.82, 2.24) is 4.98 Å². The van der Waals surface area contributed by atoms with Crippen LogP contribution < -0.4 is 9.64 Å². The number of nitrogens with zero attached hydrogens (tertiary/aromatic N) is 3. The Kier molecular flexibility index (Phi) is 10.5. The summed E-state index contributed by atoms with van der Waals surface area (Å²) in [6, 6.07) is 32.0. The van der Waals surface area contributed by atoms with E-state index in [4.69, 9.17) is 14.7 Å². The molecule has 0 bridgehead atoms. The third-order valence-electron chi connectivity index (χ3n) is 11.8. The number of amidine groups is 1. The molecule has 1 N–H and O–H groups in total. The summed E-state index contributed by atoms with van der Waals surface area (Å²) in [6.45, 7) is 31.6. The van der Waals surface area contributed by atoms with E-state index in [-0.39, 0.29) is 66.0 Å². The maximum atomic E-state index is 11.1. The molecule has 0 saturated heterocycles. The Bertz CT molecular complexity index is 2300. The number of hydrogen-bond donors (Lipinski definition) is 1. The average molecular weight is 930 g/mol. The third-order valence-corrected chi connectivity index (χ3v) is 11.8. The minimum absolute atomic E-state index is 0. The predicted molar refractivity (Wildman–Crippen MR) is 230 cm³/mol. The zero-order valence-corrected chi connectivity index (χ0v) is 38.2. The summed E-state index contributed by atoms with van der Waals surface area (Å²) in [5, 5.41) is 12.0. The summed E-state index contributed by atoms with van der Waals surface area (Å²) in [6.07, 6.45) is 0.894. The molecule has 0 radical (unpaired) electrons. The van der Waals surface area contributed by atoms with Gasteiger partial charge in [0.2, 0.25) is 5.88 Å². The van der Waals surface area contributed by atoms with Gasteiger partial charge in [0.25, 0.3) is 0 Å². The predicted octanol–water partition coefficient (Wildman–Crippen LogP) is 12.3. The van der Waals surface area contributed by atoms with E-state index in [2.05, 4.69) is 169 Å². The molecule has 0 amide bonds. The summed E-state index contributed by atoms with van der Waals surface area (Å²) in [4.78, 5) is 13.1. The zero-order valence-electron chi connectivity index (χ0n) is 35.9. The van der Waals surface area contributed by atoms with E-state index >= 15 is 0 Å². The summed E-state index contributed by atoms with van der Waals surface area (Å²) < 4.78 is 6.60. The van der Waals surface area contributed by atoms with Gasteiger partial charge in [-0.1, -0.05) is 139 Å². The van der Waals surface area contributed by atoms with Crippen LogP contribution in [0.25, 0.3) is 10.9 Å². The van der Waals surface area contributed by atoms with Crippen LogP contribution in [0.4, 0.5) is 5.69 Å². The molecule has 2 heterocycles. The number of aromatic hydroxyl groups is 1. The fourth-order valence-corrected chi connectivity index (χ4v) is 8.22. The van der Waals surface area contributed by atoms with E-state index in [9.17, 15) is 5.11 Å². The molecule has 5 aromatic rings. The maximum Gasteiger partial charge on any atom is 0.217 e. The Morgan fingerprint density at radius 2 is 1.29 bits per heavy atom. The van der Waals surface area contributed by atoms with E-state index in [1.165, 1.54) is 22.3 Å². The Morgan fingerprint density at radius 3 is 1.89 bits per heavy atom. The third kappa shape index (κ3) is 7.82. The molecule has 1 aromatic heterocycles. The van der Waals surface area contributed by atoms with E-state index in [1.807, 2.05) is 18.2 Å². The molecule has 0 unspecified atom stereocenters. The first-order valence-corrected chi connectivity index (χ1v) is 19.9. The standard InChI is InChI=1S/C50H60N3O2.Pt/c1-46(2,3)33-22-32(23-38(28-33)55-42-20-19-31-21-34(47(4,5)6)29-41(54)43(31)51-42)45-52-44-40(24-30-17-15-16-18-39(30)50(44,13)14)53(45)37-26-35(48(7,8)9)25-36(27-37)49(10,11)12;/h15-22,25-29,40,44,54H,24H2,1-14H3;/q-1;/t40-,44-;/m1./s1. The molecule has 0 fully saturated rings. The number of rotatable bonds is 4. The number of pyridine rings is 1. The number of aromatic nitrogens is 1. The van der Waals surface area contributed by atoms with Crippen molar-refractivity contribution in [3.63, 3.8) is 0 Å². The number of phenolic OH excluding ortho intramolecular Hbond substituents is 1. The SMILES string of the molecule is CC(C)(C)c1cc(Oc2ccc3cc(C(C)(C)C)cc(O)c3n2)[c-]c(C2=N[C@@H]3[C@@H](Cc4ccccc4C3(C)C)N2c2cc(C(C)(C)C)cc(C(C)(C)C)c2)c1.[Pt]. The summed E-state index contributed by atoms with van der Waals surface area (Å²) in [7, 11) is 0. The quantitative estimate of drug-likeness (QED) is 0.182. The van der Waals surface area contributed by atoms with Gasteiger partial charge in [-0.05, 0) is 86.2 Å². The van der Waals surface area contributed by atoms with E-state index in [1.54, 1.807) is 0 Å². The molecule has 6 heteroatoms. The number of phenols is 1. The van der Waals surface area contributed by atoms with Crippen LogP contribution in [0.2, 0.25) is 0 Å². The van der Waals surface area contributed by atoms with Crippen molar-refractivity contribution in [3.8, 4) is 17.4 Å². The van der Waals surface area contributed by atoms with Crippen molar-refractivity contribution >= 4 is 22.4 Å². The minimum atomic E-state index is -0.196. The van der Waals surface area contributed by atoms with Crippen molar-refractivity contribution in [2.45, 2.75) is 143 Å². The molecule has 298 valence electrons. The van der Waals surface area contributed by atoms with Crippen molar-refractivity contribution in [2.24, 2.45) is 4.99 Å². The average Bonchev–Trinajstić information content (AvgIpc) is 3.47. The number of hydrogen-bond acceptors (Lipinski definition) is 5. The largest absolute Gasteiger partial charge is 0.506 e. The summed E-state index contributed by atoms with van der Waals surface area (Å²) in [5.74, 6) is 2.04. The normalized spacial score (nSPS) is 18.2. The van der Waals surface area contributed by atoms with Crippen LogP contribution in [0.1, 0.15) is 136 Å². The molecular formula is C50H60N3O2Pt-. The Hall–Kier alpha value is -3.95. The van der Waals surface area contributed by atoms with Crippen molar-refractivity contribution in [1.29, 1.82) is 0 Å². The van der Waals surface area contributed by atoms with E-state index in [0.29, 0.717) is 17.1 Å². The van der Waals surface area contributed by atoms with Gasteiger partial charge in [0.15, 0.2) is 0 Å². The van der Waals surface area contributed by atoms with Crippen LogP contribution in [0, 0.1) is 6.07 Å².